The van der Waals surface area contributed by atoms with Crippen molar-refractivity contribution in [3.05, 3.63) is 39.8 Å². The van der Waals surface area contributed by atoms with Crippen LogP contribution in [0, 0.1) is 6.92 Å². The van der Waals surface area contributed by atoms with Crippen molar-refractivity contribution in [1.29, 1.82) is 0 Å². The minimum absolute atomic E-state index is 0.0970. The molecule has 24 heavy (non-hydrogen) atoms. The molecule has 1 saturated carbocycles. The molecule has 1 heterocycles. The number of benzene rings is 1. The lowest BCUT2D eigenvalue weighted by atomic mass is 10.2. The van der Waals surface area contributed by atoms with Crippen molar-refractivity contribution in [3.8, 4) is 11.5 Å². The fourth-order valence-corrected chi connectivity index (χ4v) is 3.61. The Morgan fingerprint density at radius 3 is 2.79 bits per heavy atom. The summed E-state index contributed by atoms with van der Waals surface area (Å²) in [6.45, 7) is 2.28. The normalized spacial score (nSPS) is 14.6. The quantitative estimate of drug-likeness (QED) is 0.866. The van der Waals surface area contributed by atoms with Crippen molar-refractivity contribution in [3.63, 3.8) is 0 Å². The molecule has 3 rings (SSSR count). The maximum absolute atomic E-state index is 12.2. The SMILES string of the molecule is COc1cc(CNC(=O)c2scnc2C)ccc1OC1CCCC1. The molecule has 6 heteroatoms. The molecule has 0 unspecified atom stereocenters. The third-order valence-electron chi connectivity index (χ3n) is 4.23. The molecule has 1 fully saturated rings. The van der Waals surface area contributed by atoms with E-state index in [1.165, 1.54) is 24.2 Å². The number of nitrogens with one attached hydrogen (secondary N) is 1. The second-order valence-electron chi connectivity index (χ2n) is 5.96. The number of carbonyl (C=O) groups is 1. The summed E-state index contributed by atoms with van der Waals surface area (Å²) in [5.41, 5.74) is 3.42. The van der Waals surface area contributed by atoms with Gasteiger partial charge in [-0.3, -0.25) is 4.79 Å². The summed E-state index contributed by atoms with van der Waals surface area (Å²) in [6.07, 6.45) is 4.96. The molecule has 5 nitrogen and oxygen atoms in total. The summed E-state index contributed by atoms with van der Waals surface area (Å²) in [5.74, 6) is 1.39. The number of methoxy groups -OCH3 is 1. The van der Waals surface area contributed by atoms with E-state index in [1.807, 2.05) is 25.1 Å². The standard InChI is InChI=1S/C18H22N2O3S/c1-12-17(24-11-20-12)18(21)19-10-13-7-8-15(16(9-13)22-2)23-14-5-3-4-6-14/h7-9,11,14H,3-6,10H2,1-2H3,(H,19,21). The summed E-state index contributed by atoms with van der Waals surface area (Å²) in [5, 5.41) is 2.92. The van der Waals surface area contributed by atoms with Crippen LogP contribution in [0.5, 0.6) is 11.5 Å². The maximum atomic E-state index is 12.2. The number of nitrogens with zero attached hydrogens (tertiary/aromatic N) is 1. The van der Waals surface area contributed by atoms with Gasteiger partial charge in [-0.25, -0.2) is 4.98 Å². The number of thiazole rings is 1. The highest BCUT2D eigenvalue weighted by Gasteiger charge is 2.18. The summed E-state index contributed by atoms with van der Waals surface area (Å²) >= 11 is 1.35. The molecule has 0 aliphatic heterocycles. The van der Waals surface area contributed by atoms with Gasteiger partial charge in [-0.1, -0.05) is 6.07 Å². The van der Waals surface area contributed by atoms with Crippen molar-refractivity contribution >= 4 is 17.2 Å². The summed E-state index contributed by atoms with van der Waals surface area (Å²) in [4.78, 5) is 16.9. The Labute approximate surface area is 146 Å². The second-order valence-corrected chi connectivity index (χ2v) is 6.81. The summed E-state index contributed by atoms with van der Waals surface area (Å²) in [7, 11) is 1.64. The molecule has 0 atom stereocenters. The number of aromatic nitrogens is 1. The molecule has 0 radical (unpaired) electrons. The van der Waals surface area contributed by atoms with E-state index in [9.17, 15) is 4.79 Å². The Kier molecular flexibility index (Phi) is 5.35. The molecule has 2 aromatic rings. The highest BCUT2D eigenvalue weighted by Crippen LogP contribution is 2.32. The molecule has 1 aliphatic carbocycles. The number of amides is 1. The van der Waals surface area contributed by atoms with Gasteiger partial charge in [-0.15, -0.1) is 11.3 Å². The molecule has 1 N–H and O–H groups in total. The molecule has 0 bridgehead atoms. The van der Waals surface area contributed by atoms with Crippen LogP contribution in [0.1, 0.15) is 46.6 Å². The predicted molar refractivity (Wildman–Crippen MR) is 93.9 cm³/mol. The molecule has 0 saturated heterocycles. The first-order valence-electron chi connectivity index (χ1n) is 8.19. The number of hydrogen-bond acceptors (Lipinski definition) is 5. The largest absolute Gasteiger partial charge is 0.493 e. The van der Waals surface area contributed by atoms with Gasteiger partial charge in [0, 0.05) is 6.54 Å². The van der Waals surface area contributed by atoms with E-state index in [0.717, 1.165) is 29.8 Å². The van der Waals surface area contributed by atoms with Gasteiger partial charge in [-0.05, 0) is 50.3 Å². The van der Waals surface area contributed by atoms with E-state index >= 15 is 0 Å². The topological polar surface area (TPSA) is 60.5 Å². The van der Waals surface area contributed by atoms with Crippen molar-refractivity contribution in [2.24, 2.45) is 0 Å². The van der Waals surface area contributed by atoms with Gasteiger partial charge in [0.2, 0.25) is 0 Å². The fraction of sp³-hybridized carbons (Fsp3) is 0.444. The number of ether oxygens (including phenoxy) is 2. The van der Waals surface area contributed by atoms with Crippen molar-refractivity contribution in [2.75, 3.05) is 7.11 Å². The zero-order valence-electron chi connectivity index (χ0n) is 14.0. The molecular weight excluding hydrogens is 324 g/mol. The van der Waals surface area contributed by atoms with Gasteiger partial charge < -0.3 is 14.8 Å². The smallest absolute Gasteiger partial charge is 0.263 e. The zero-order chi connectivity index (χ0) is 16.9. The predicted octanol–water partition coefficient (Wildman–Crippen LogP) is 3.71. The Balaban J connectivity index is 1.63. The molecule has 1 aromatic carbocycles. The Bertz CT molecular complexity index is 708. The highest BCUT2D eigenvalue weighted by atomic mass is 32.1. The van der Waals surface area contributed by atoms with Crippen LogP contribution in [0.3, 0.4) is 0 Å². The molecule has 128 valence electrons. The molecule has 1 aliphatic rings. The minimum Gasteiger partial charge on any atom is -0.493 e. The van der Waals surface area contributed by atoms with E-state index in [0.29, 0.717) is 23.3 Å². The van der Waals surface area contributed by atoms with Crippen LogP contribution in [-0.4, -0.2) is 24.1 Å². The van der Waals surface area contributed by atoms with Crippen LogP contribution in [0.4, 0.5) is 0 Å². The Morgan fingerprint density at radius 2 is 2.12 bits per heavy atom. The number of hydrogen-bond donors (Lipinski definition) is 1. The molecule has 0 spiro atoms. The number of rotatable bonds is 6. The third-order valence-corrected chi connectivity index (χ3v) is 5.16. The third kappa shape index (κ3) is 3.87. The van der Waals surface area contributed by atoms with E-state index in [-0.39, 0.29) is 5.91 Å². The monoisotopic (exact) mass is 346 g/mol. The average molecular weight is 346 g/mol. The van der Waals surface area contributed by atoms with Crippen molar-refractivity contribution < 1.29 is 14.3 Å². The molecule has 1 amide bonds. The van der Waals surface area contributed by atoms with Crippen molar-refractivity contribution in [2.45, 2.75) is 45.3 Å². The first-order valence-corrected chi connectivity index (χ1v) is 9.07. The fourth-order valence-electron chi connectivity index (χ4n) is 2.89. The highest BCUT2D eigenvalue weighted by molar-refractivity contribution is 7.11. The maximum Gasteiger partial charge on any atom is 0.263 e. The van der Waals surface area contributed by atoms with E-state index in [4.69, 9.17) is 9.47 Å². The van der Waals surface area contributed by atoms with E-state index < -0.39 is 0 Å². The second kappa shape index (κ2) is 7.66. The number of aryl methyl sites for hydroxylation is 1. The van der Waals surface area contributed by atoms with Gasteiger partial charge in [0.25, 0.3) is 5.91 Å². The van der Waals surface area contributed by atoms with Gasteiger partial charge in [-0.2, -0.15) is 0 Å². The number of carbonyl (C=O) groups excluding carboxylic acids is 1. The lowest BCUT2D eigenvalue weighted by Crippen LogP contribution is -2.22. The minimum atomic E-state index is -0.0970. The lowest BCUT2D eigenvalue weighted by molar-refractivity contribution is 0.0954. The van der Waals surface area contributed by atoms with Crippen LogP contribution in [0.15, 0.2) is 23.7 Å². The Hall–Kier alpha value is -2.08. The molecule has 1 aromatic heterocycles. The average Bonchev–Trinajstić information content (AvgIpc) is 3.25. The molecular formula is C18H22N2O3S. The van der Waals surface area contributed by atoms with Gasteiger partial charge in [0.15, 0.2) is 11.5 Å². The summed E-state index contributed by atoms with van der Waals surface area (Å²) in [6, 6.07) is 5.81. The van der Waals surface area contributed by atoms with Gasteiger partial charge in [0.1, 0.15) is 4.88 Å². The lowest BCUT2D eigenvalue weighted by Gasteiger charge is -2.16. The van der Waals surface area contributed by atoms with E-state index in [1.54, 1.807) is 12.6 Å². The van der Waals surface area contributed by atoms with Crippen LogP contribution in [0.25, 0.3) is 0 Å². The van der Waals surface area contributed by atoms with E-state index in [2.05, 4.69) is 10.3 Å². The van der Waals surface area contributed by atoms with Crippen LogP contribution in [-0.2, 0) is 6.54 Å². The van der Waals surface area contributed by atoms with Gasteiger partial charge >= 0.3 is 0 Å². The zero-order valence-corrected chi connectivity index (χ0v) is 14.8. The van der Waals surface area contributed by atoms with Crippen LogP contribution >= 0.6 is 11.3 Å². The van der Waals surface area contributed by atoms with Crippen LogP contribution < -0.4 is 14.8 Å². The van der Waals surface area contributed by atoms with Crippen LogP contribution in [0.2, 0.25) is 0 Å². The summed E-state index contributed by atoms with van der Waals surface area (Å²) < 4.78 is 11.5. The van der Waals surface area contributed by atoms with Crippen molar-refractivity contribution in [1.82, 2.24) is 10.3 Å². The first kappa shape index (κ1) is 16.8. The first-order chi connectivity index (χ1) is 11.7. The van der Waals surface area contributed by atoms with Gasteiger partial charge in [0.05, 0.1) is 24.4 Å². The Morgan fingerprint density at radius 1 is 1.33 bits per heavy atom.